The highest BCUT2D eigenvalue weighted by Gasteiger charge is 2.03. The number of aromatic hydroxyl groups is 1. The first kappa shape index (κ1) is 6.97. The van der Waals surface area contributed by atoms with Gasteiger partial charge in [0.25, 0.3) is 0 Å². The zero-order valence-electron chi connectivity index (χ0n) is 6.65. The van der Waals surface area contributed by atoms with Crippen LogP contribution in [0.15, 0.2) is 18.3 Å². The smallest absolute Gasteiger partial charge is 0.119 e. The van der Waals surface area contributed by atoms with E-state index in [1.54, 1.807) is 24.0 Å². The van der Waals surface area contributed by atoms with Gasteiger partial charge in [0.1, 0.15) is 5.75 Å². The maximum absolute atomic E-state index is 9.23. The van der Waals surface area contributed by atoms with Gasteiger partial charge in [-0.3, -0.25) is 4.68 Å². The summed E-state index contributed by atoms with van der Waals surface area (Å²) in [6.45, 7) is 0. The Morgan fingerprint density at radius 3 is 3.00 bits per heavy atom. The van der Waals surface area contributed by atoms with Crippen LogP contribution in [0.3, 0.4) is 0 Å². The van der Waals surface area contributed by atoms with Crippen LogP contribution in [-0.2, 0) is 7.05 Å². The van der Waals surface area contributed by atoms with Crippen molar-refractivity contribution in [2.45, 2.75) is 0 Å². The fourth-order valence-corrected chi connectivity index (χ4v) is 1.26. The Kier molecular flexibility index (Phi) is 1.24. The topological polar surface area (TPSA) is 64.1 Å². The molecule has 0 saturated heterocycles. The summed E-state index contributed by atoms with van der Waals surface area (Å²) in [7, 11) is 1.81. The van der Waals surface area contributed by atoms with E-state index in [-0.39, 0.29) is 5.75 Å². The Morgan fingerprint density at radius 1 is 1.50 bits per heavy atom. The van der Waals surface area contributed by atoms with Crippen molar-refractivity contribution in [1.82, 2.24) is 9.78 Å². The zero-order valence-corrected chi connectivity index (χ0v) is 6.65. The molecule has 0 aliphatic rings. The lowest BCUT2D eigenvalue weighted by Crippen LogP contribution is -1.90. The van der Waals surface area contributed by atoms with Gasteiger partial charge >= 0.3 is 0 Å². The van der Waals surface area contributed by atoms with Crippen LogP contribution in [0.4, 0.5) is 5.69 Å². The molecule has 0 bridgehead atoms. The molecule has 4 nitrogen and oxygen atoms in total. The van der Waals surface area contributed by atoms with Gasteiger partial charge in [-0.15, -0.1) is 0 Å². The Labute approximate surface area is 69.2 Å². The van der Waals surface area contributed by atoms with Crippen LogP contribution in [0.1, 0.15) is 0 Å². The molecule has 0 unspecified atom stereocenters. The Morgan fingerprint density at radius 2 is 2.25 bits per heavy atom. The third kappa shape index (κ3) is 0.812. The van der Waals surface area contributed by atoms with Crippen molar-refractivity contribution in [3.63, 3.8) is 0 Å². The number of hydrogen-bond acceptors (Lipinski definition) is 3. The number of nitrogens with two attached hydrogens (primary N) is 1. The van der Waals surface area contributed by atoms with E-state index >= 15 is 0 Å². The summed E-state index contributed by atoms with van der Waals surface area (Å²) in [5.74, 6) is 0.170. The number of aryl methyl sites for hydroxylation is 1. The van der Waals surface area contributed by atoms with E-state index in [2.05, 4.69) is 5.10 Å². The summed E-state index contributed by atoms with van der Waals surface area (Å²) >= 11 is 0. The van der Waals surface area contributed by atoms with Gasteiger partial charge in [-0.2, -0.15) is 5.10 Å². The van der Waals surface area contributed by atoms with Crippen molar-refractivity contribution in [2.75, 3.05) is 5.73 Å². The van der Waals surface area contributed by atoms with Crippen molar-refractivity contribution < 1.29 is 5.11 Å². The normalized spacial score (nSPS) is 10.8. The van der Waals surface area contributed by atoms with E-state index in [1.165, 1.54) is 6.07 Å². The van der Waals surface area contributed by atoms with Crippen molar-refractivity contribution in [2.24, 2.45) is 7.05 Å². The van der Waals surface area contributed by atoms with Crippen LogP contribution in [0.25, 0.3) is 10.9 Å². The minimum absolute atomic E-state index is 0.170. The molecule has 3 N–H and O–H groups in total. The second-order valence-corrected chi connectivity index (χ2v) is 2.74. The molecule has 1 heterocycles. The zero-order chi connectivity index (χ0) is 8.72. The average Bonchev–Trinajstić information content (AvgIpc) is 2.33. The molecule has 1 aromatic carbocycles. The van der Waals surface area contributed by atoms with Gasteiger partial charge in [0, 0.05) is 30.3 Å². The van der Waals surface area contributed by atoms with Gasteiger partial charge in [-0.25, -0.2) is 0 Å². The number of rotatable bonds is 0. The van der Waals surface area contributed by atoms with Gasteiger partial charge < -0.3 is 10.8 Å². The number of aromatic nitrogens is 2. The summed E-state index contributed by atoms with van der Waals surface area (Å²) in [6.07, 6.45) is 1.68. The maximum atomic E-state index is 9.23. The molecule has 1 aromatic heterocycles. The van der Waals surface area contributed by atoms with Crippen molar-refractivity contribution >= 4 is 16.6 Å². The van der Waals surface area contributed by atoms with E-state index in [0.717, 1.165) is 10.9 Å². The summed E-state index contributed by atoms with van der Waals surface area (Å²) in [5.41, 5.74) is 7.05. The number of phenolic OH excluding ortho intramolecular Hbond substituents is 1. The molecular weight excluding hydrogens is 154 g/mol. The monoisotopic (exact) mass is 163 g/mol. The Balaban J connectivity index is 2.92. The molecule has 2 aromatic rings. The van der Waals surface area contributed by atoms with Gasteiger partial charge in [0.15, 0.2) is 0 Å². The first-order valence-corrected chi connectivity index (χ1v) is 3.58. The highest BCUT2D eigenvalue weighted by molar-refractivity contribution is 5.91. The Bertz CT molecular complexity index is 433. The maximum Gasteiger partial charge on any atom is 0.119 e. The molecule has 0 aliphatic heterocycles. The summed E-state index contributed by atoms with van der Waals surface area (Å²) < 4.78 is 1.67. The van der Waals surface area contributed by atoms with Gasteiger partial charge in [0.05, 0.1) is 11.7 Å². The minimum atomic E-state index is 0.170. The quantitative estimate of drug-likeness (QED) is 0.566. The van der Waals surface area contributed by atoms with E-state index in [9.17, 15) is 5.11 Å². The first-order chi connectivity index (χ1) is 5.68. The standard InChI is InChI=1S/C8H9N3O/c1-11-8-3-5(12)2-7(9)6(8)4-10-11/h2-4,12H,9H2,1H3. The number of benzene rings is 1. The predicted octanol–water partition coefficient (Wildman–Crippen LogP) is 0.861. The van der Waals surface area contributed by atoms with Crippen LogP contribution < -0.4 is 5.73 Å². The van der Waals surface area contributed by atoms with Crippen LogP contribution in [-0.4, -0.2) is 14.9 Å². The van der Waals surface area contributed by atoms with Gasteiger partial charge in [-0.05, 0) is 0 Å². The van der Waals surface area contributed by atoms with Crippen LogP contribution in [0, 0.1) is 0 Å². The molecular formula is C8H9N3O. The molecule has 2 rings (SSSR count). The average molecular weight is 163 g/mol. The molecule has 4 heteroatoms. The summed E-state index contributed by atoms with van der Waals surface area (Å²) in [6, 6.07) is 3.16. The first-order valence-electron chi connectivity index (χ1n) is 3.58. The van der Waals surface area contributed by atoms with E-state index < -0.39 is 0 Å². The molecule has 0 radical (unpaired) electrons. The van der Waals surface area contributed by atoms with Gasteiger partial charge in [-0.1, -0.05) is 0 Å². The van der Waals surface area contributed by atoms with Gasteiger partial charge in [0.2, 0.25) is 0 Å². The number of nitrogens with zero attached hydrogens (tertiary/aromatic N) is 2. The lowest BCUT2D eigenvalue weighted by Gasteiger charge is -1.98. The third-order valence-electron chi connectivity index (χ3n) is 1.88. The number of hydrogen-bond donors (Lipinski definition) is 2. The van der Waals surface area contributed by atoms with Crippen LogP contribution >= 0.6 is 0 Å². The lowest BCUT2D eigenvalue weighted by molar-refractivity contribution is 0.476. The van der Waals surface area contributed by atoms with Crippen molar-refractivity contribution in [3.8, 4) is 5.75 Å². The highest BCUT2D eigenvalue weighted by atomic mass is 16.3. The lowest BCUT2D eigenvalue weighted by atomic mass is 10.2. The molecule has 0 spiro atoms. The summed E-state index contributed by atoms with van der Waals surface area (Å²) in [5, 5.41) is 14.1. The minimum Gasteiger partial charge on any atom is -0.508 e. The number of phenols is 1. The fourth-order valence-electron chi connectivity index (χ4n) is 1.26. The SMILES string of the molecule is Cn1ncc2c(N)cc(O)cc21. The largest absolute Gasteiger partial charge is 0.508 e. The van der Waals surface area contributed by atoms with Crippen molar-refractivity contribution in [1.29, 1.82) is 0 Å². The highest BCUT2D eigenvalue weighted by Crippen LogP contribution is 2.25. The molecule has 0 fully saturated rings. The third-order valence-corrected chi connectivity index (χ3v) is 1.88. The number of fused-ring (bicyclic) bond motifs is 1. The number of nitrogen functional groups attached to an aromatic ring is 1. The van der Waals surface area contributed by atoms with E-state index in [0.29, 0.717) is 5.69 Å². The molecule has 12 heavy (non-hydrogen) atoms. The van der Waals surface area contributed by atoms with E-state index in [1.807, 2.05) is 0 Å². The molecule has 0 amide bonds. The molecule has 0 aliphatic carbocycles. The van der Waals surface area contributed by atoms with Crippen LogP contribution in [0.2, 0.25) is 0 Å². The predicted molar refractivity (Wildman–Crippen MR) is 46.8 cm³/mol. The van der Waals surface area contributed by atoms with Crippen LogP contribution in [0.5, 0.6) is 5.75 Å². The second kappa shape index (κ2) is 2.14. The Hall–Kier alpha value is -1.71. The van der Waals surface area contributed by atoms with E-state index in [4.69, 9.17) is 5.73 Å². The molecule has 62 valence electrons. The second-order valence-electron chi connectivity index (χ2n) is 2.74. The van der Waals surface area contributed by atoms with Crippen molar-refractivity contribution in [3.05, 3.63) is 18.3 Å². The molecule has 0 saturated carbocycles. The summed E-state index contributed by atoms with van der Waals surface area (Å²) in [4.78, 5) is 0. The molecule has 0 atom stereocenters. The fraction of sp³-hybridized carbons (Fsp3) is 0.125. The number of anilines is 1.